The number of thioether (sulfide) groups is 1. The zero-order valence-corrected chi connectivity index (χ0v) is 33.7. The second-order valence-corrected chi connectivity index (χ2v) is 15.1. The number of quaternary nitrogens is 1. The molecule has 0 radical (unpaired) electrons. The number of unbranched alkanes of at least 4 members (excludes halogenated alkanes) is 2. The van der Waals surface area contributed by atoms with Crippen LogP contribution >= 0.6 is 11.8 Å². The smallest absolute Gasteiger partial charge is 0.119 e. The first-order valence-electron chi connectivity index (χ1n) is 19.3. The predicted octanol–water partition coefficient (Wildman–Crippen LogP) is 10.6. The molecule has 0 saturated carbocycles. The second kappa shape index (κ2) is 24.0. The van der Waals surface area contributed by atoms with Gasteiger partial charge in [-0.15, -0.1) is 37.5 Å². The van der Waals surface area contributed by atoms with E-state index in [2.05, 4.69) is 118 Å². The van der Waals surface area contributed by atoms with Crippen LogP contribution in [0, 0.1) is 31.1 Å². The lowest BCUT2D eigenvalue weighted by atomic mass is 9.75. The highest BCUT2D eigenvalue weighted by molar-refractivity contribution is 7.99. The third kappa shape index (κ3) is 14.0. The topological polar surface area (TPSA) is 15.7 Å². The Morgan fingerprint density at radius 1 is 0.784 bits per heavy atom. The summed E-state index contributed by atoms with van der Waals surface area (Å²) >= 11 is 2.12. The lowest BCUT2D eigenvalue weighted by Gasteiger charge is -2.50. The first kappa shape index (κ1) is 43.8. The van der Waals surface area contributed by atoms with Crippen molar-refractivity contribution in [3.63, 3.8) is 0 Å². The van der Waals surface area contributed by atoms with Crippen LogP contribution in [0.4, 0.5) is 5.69 Å². The van der Waals surface area contributed by atoms with E-state index >= 15 is 0 Å². The summed E-state index contributed by atoms with van der Waals surface area (Å²) in [6.45, 7) is 18.3. The van der Waals surface area contributed by atoms with E-state index < -0.39 is 0 Å². The van der Waals surface area contributed by atoms with Crippen molar-refractivity contribution in [3.8, 4) is 31.4 Å². The molecule has 7 rings (SSSR count). The minimum Gasteiger partial charge on any atom is -0.489 e. The van der Waals surface area contributed by atoms with Gasteiger partial charge in [-0.3, -0.25) is 4.90 Å². The van der Waals surface area contributed by atoms with Gasteiger partial charge in [-0.25, -0.2) is 0 Å². The number of hydrogen-bond donors (Lipinski definition) is 0. The summed E-state index contributed by atoms with van der Waals surface area (Å²) in [5, 5.41) is 0. The van der Waals surface area contributed by atoms with E-state index in [0.717, 1.165) is 5.75 Å². The first-order valence-corrected chi connectivity index (χ1v) is 20.3. The Morgan fingerprint density at radius 2 is 1.35 bits per heavy atom. The molecule has 5 heteroatoms. The molecule has 4 aliphatic heterocycles. The molecule has 4 nitrogen and oxygen atoms in total. The van der Waals surface area contributed by atoms with Crippen molar-refractivity contribution in [2.75, 3.05) is 64.0 Å². The Bertz CT molecular complexity index is 1360. The standard InChI is InChI=1S/C20H25N2O.C20H33NS.C2H6.2C2H2/c1-2-4-20(5-3-1)23-17-19-8-6-18(7-9-19)16-22-13-10-21(11-14-22)12-15-22;1-5-7-12-20(13-8-6-2)14-11-17-15-18(21(3)4)9-10-19(17)22-16-20;3*1-2/h1-9H,10-17H2;9-10,15H,5-8,11-14,16H2,1-4H3;1-2H3;2*1-2H/q+1;;;;. The Labute approximate surface area is 317 Å². The molecule has 3 aromatic rings. The molecule has 2 bridgehead atoms. The number of fused-ring (bicyclic) bond motifs is 4. The summed E-state index contributed by atoms with van der Waals surface area (Å²) in [6, 6.07) is 26.1. The van der Waals surface area contributed by atoms with Gasteiger partial charge in [-0.1, -0.05) is 95.8 Å². The Balaban J connectivity index is 0.000000309. The van der Waals surface area contributed by atoms with Gasteiger partial charge in [0.05, 0.1) is 19.6 Å². The zero-order chi connectivity index (χ0) is 37.5. The molecule has 3 aromatic carbocycles. The molecule has 0 spiro atoms. The number of anilines is 1. The van der Waals surface area contributed by atoms with Gasteiger partial charge in [0.2, 0.25) is 0 Å². The number of nitrogens with zero attached hydrogens (tertiary/aromatic N) is 3. The molecular weight excluding hydrogens is 643 g/mol. The van der Waals surface area contributed by atoms with E-state index in [0.29, 0.717) is 12.0 Å². The minimum absolute atomic E-state index is 0.577. The van der Waals surface area contributed by atoms with Crippen molar-refractivity contribution >= 4 is 17.4 Å². The highest BCUT2D eigenvalue weighted by atomic mass is 32.2. The number of terminal acetylenes is 2. The van der Waals surface area contributed by atoms with E-state index in [1.165, 1.54) is 129 Å². The lowest BCUT2D eigenvalue weighted by molar-refractivity contribution is -0.953. The van der Waals surface area contributed by atoms with Crippen molar-refractivity contribution in [1.29, 1.82) is 0 Å². The van der Waals surface area contributed by atoms with Crippen LogP contribution in [0.25, 0.3) is 0 Å². The van der Waals surface area contributed by atoms with Gasteiger partial charge < -0.3 is 14.1 Å². The number of para-hydroxylation sites is 1. The Kier molecular flexibility index (Phi) is 20.6. The average Bonchev–Trinajstić information content (AvgIpc) is 3.39. The van der Waals surface area contributed by atoms with E-state index in [-0.39, 0.29) is 0 Å². The SMILES string of the molecule is C#C.C#C.CC.CCCCC1(CCCC)CCc2cc(N(C)C)ccc2SC1.c1ccc(OCc2ccc(C[N+]34CCN(CC3)CC4)cc2)cc1. The number of benzene rings is 3. The van der Waals surface area contributed by atoms with Crippen LogP contribution in [-0.4, -0.2) is 68.5 Å². The predicted molar refractivity (Wildman–Crippen MR) is 225 cm³/mol. The van der Waals surface area contributed by atoms with Crippen molar-refractivity contribution in [2.45, 2.75) is 97.1 Å². The maximum Gasteiger partial charge on any atom is 0.119 e. The largest absolute Gasteiger partial charge is 0.489 e. The van der Waals surface area contributed by atoms with Crippen LogP contribution in [0.5, 0.6) is 5.75 Å². The molecule has 4 aliphatic rings. The summed E-state index contributed by atoms with van der Waals surface area (Å²) in [6.07, 6.45) is 26.9. The summed E-state index contributed by atoms with van der Waals surface area (Å²) < 4.78 is 7.11. The molecule has 3 fully saturated rings. The highest BCUT2D eigenvalue weighted by Crippen LogP contribution is 2.45. The summed E-state index contributed by atoms with van der Waals surface area (Å²) in [5.41, 5.74) is 6.19. The van der Waals surface area contributed by atoms with Gasteiger partial charge in [-0.05, 0) is 72.6 Å². The number of hydrogen-bond acceptors (Lipinski definition) is 4. The third-order valence-electron chi connectivity index (χ3n) is 10.5. The van der Waals surface area contributed by atoms with E-state index in [1.54, 1.807) is 5.56 Å². The zero-order valence-electron chi connectivity index (χ0n) is 32.9. The summed E-state index contributed by atoms with van der Waals surface area (Å²) in [5.74, 6) is 2.25. The monoisotopic (exact) mass is 711 g/mol. The van der Waals surface area contributed by atoms with Crippen molar-refractivity contribution < 1.29 is 9.22 Å². The van der Waals surface area contributed by atoms with Crippen LogP contribution in [0.15, 0.2) is 77.7 Å². The molecule has 278 valence electrons. The number of ether oxygens (including phenoxy) is 1. The molecule has 0 aromatic heterocycles. The van der Waals surface area contributed by atoms with E-state index in [1.807, 2.05) is 44.2 Å². The van der Waals surface area contributed by atoms with Crippen LogP contribution < -0.4 is 9.64 Å². The molecule has 0 atom stereocenters. The Morgan fingerprint density at radius 3 is 1.90 bits per heavy atom. The van der Waals surface area contributed by atoms with Crippen LogP contribution in [0.3, 0.4) is 0 Å². The Hall–Kier alpha value is -3.35. The molecular formula is C46H68N3OS+. The summed E-state index contributed by atoms with van der Waals surface area (Å²) in [4.78, 5) is 6.35. The normalized spacial score (nSPS) is 19.3. The fourth-order valence-corrected chi connectivity index (χ4v) is 8.69. The van der Waals surface area contributed by atoms with Crippen LogP contribution in [-0.2, 0) is 19.6 Å². The minimum atomic E-state index is 0.577. The molecule has 0 N–H and O–H groups in total. The molecule has 0 unspecified atom stereocenters. The highest BCUT2D eigenvalue weighted by Gasteiger charge is 2.38. The molecule has 0 amide bonds. The third-order valence-corrected chi connectivity index (χ3v) is 12.0. The molecule has 0 aliphatic carbocycles. The van der Waals surface area contributed by atoms with Gasteiger partial charge in [0.15, 0.2) is 0 Å². The van der Waals surface area contributed by atoms with Gasteiger partial charge >= 0.3 is 0 Å². The van der Waals surface area contributed by atoms with Crippen LogP contribution in [0.1, 0.15) is 89.3 Å². The molecule has 51 heavy (non-hydrogen) atoms. The van der Waals surface area contributed by atoms with Gasteiger partial charge in [-0.2, -0.15) is 0 Å². The van der Waals surface area contributed by atoms with E-state index in [9.17, 15) is 0 Å². The maximum atomic E-state index is 5.82. The number of piperazine rings is 3. The maximum absolute atomic E-state index is 5.82. The van der Waals surface area contributed by atoms with Crippen molar-refractivity contribution in [2.24, 2.45) is 5.41 Å². The first-order chi connectivity index (χ1) is 24.9. The van der Waals surface area contributed by atoms with Crippen molar-refractivity contribution in [1.82, 2.24) is 4.90 Å². The second-order valence-electron chi connectivity index (χ2n) is 14.1. The fraction of sp³-hybridized carbons (Fsp3) is 0.522. The van der Waals surface area contributed by atoms with E-state index in [4.69, 9.17) is 4.74 Å². The fourth-order valence-electron chi connectivity index (χ4n) is 7.29. The van der Waals surface area contributed by atoms with Gasteiger partial charge in [0.25, 0.3) is 0 Å². The van der Waals surface area contributed by atoms with Gasteiger partial charge in [0, 0.05) is 55.6 Å². The summed E-state index contributed by atoms with van der Waals surface area (Å²) in [7, 11) is 4.27. The number of aryl methyl sites for hydroxylation is 1. The number of rotatable bonds is 12. The molecule has 3 saturated heterocycles. The lowest BCUT2D eigenvalue weighted by Crippen LogP contribution is -2.66. The quantitative estimate of drug-likeness (QED) is 0.137. The van der Waals surface area contributed by atoms with Crippen molar-refractivity contribution in [3.05, 3.63) is 89.5 Å². The van der Waals surface area contributed by atoms with Crippen LogP contribution in [0.2, 0.25) is 0 Å². The average molecular weight is 711 g/mol. The van der Waals surface area contributed by atoms with Gasteiger partial charge in [0.1, 0.15) is 18.9 Å². The molecule has 4 heterocycles.